The number of hydrogen-bond donors (Lipinski definition) is 1. The van der Waals surface area contributed by atoms with Crippen molar-refractivity contribution in [3.63, 3.8) is 0 Å². The molecular formula is C20H19BrN2O3. The Morgan fingerprint density at radius 1 is 1.31 bits per heavy atom. The number of methoxy groups -OCH3 is 1. The maximum Gasteiger partial charge on any atom is 0.266 e. The number of rotatable bonds is 6. The first-order valence-corrected chi connectivity index (χ1v) is 8.78. The van der Waals surface area contributed by atoms with Gasteiger partial charge in [-0.25, -0.2) is 0 Å². The Morgan fingerprint density at radius 3 is 2.69 bits per heavy atom. The standard InChI is InChI=1S/C20H19BrN2O3/c1-4-26-19-10-14(17(21)11-18(19)25-3)9-15(12-22)20(24)23-16-7-5-6-13(2)8-16/h5-11H,4H2,1-3H3,(H,23,24)/b15-9-. The Hall–Kier alpha value is -2.78. The molecule has 2 rings (SSSR count). The lowest BCUT2D eigenvalue weighted by atomic mass is 10.1. The van der Waals surface area contributed by atoms with Gasteiger partial charge >= 0.3 is 0 Å². The third-order valence-electron chi connectivity index (χ3n) is 3.52. The smallest absolute Gasteiger partial charge is 0.266 e. The molecule has 5 nitrogen and oxygen atoms in total. The lowest BCUT2D eigenvalue weighted by Gasteiger charge is -2.12. The first kappa shape index (κ1) is 19.5. The number of nitriles is 1. The van der Waals surface area contributed by atoms with E-state index in [9.17, 15) is 10.1 Å². The Kier molecular flexibility index (Phi) is 6.81. The molecule has 0 saturated heterocycles. The predicted octanol–water partition coefficient (Wildman–Crippen LogP) is 4.71. The van der Waals surface area contributed by atoms with Crippen molar-refractivity contribution < 1.29 is 14.3 Å². The molecule has 0 aliphatic carbocycles. The first-order chi connectivity index (χ1) is 12.5. The highest BCUT2D eigenvalue weighted by molar-refractivity contribution is 9.10. The Balaban J connectivity index is 2.34. The molecule has 0 heterocycles. The van der Waals surface area contributed by atoms with E-state index in [2.05, 4.69) is 21.2 Å². The molecule has 1 amide bonds. The number of nitrogens with one attached hydrogen (secondary N) is 1. The van der Waals surface area contributed by atoms with Gasteiger partial charge in [-0.3, -0.25) is 4.79 Å². The van der Waals surface area contributed by atoms with Crippen LogP contribution in [0.5, 0.6) is 11.5 Å². The van der Waals surface area contributed by atoms with E-state index in [1.54, 1.807) is 25.3 Å². The number of aryl methyl sites for hydroxylation is 1. The molecular weight excluding hydrogens is 396 g/mol. The van der Waals surface area contributed by atoms with Crippen LogP contribution in [0.3, 0.4) is 0 Å². The van der Waals surface area contributed by atoms with E-state index < -0.39 is 5.91 Å². The maximum atomic E-state index is 12.4. The summed E-state index contributed by atoms with van der Waals surface area (Å²) in [6, 6.07) is 12.8. The second-order valence-electron chi connectivity index (χ2n) is 5.45. The summed E-state index contributed by atoms with van der Waals surface area (Å²) in [5.74, 6) is 0.637. The molecule has 0 saturated carbocycles. The average molecular weight is 415 g/mol. The van der Waals surface area contributed by atoms with Crippen molar-refractivity contribution in [1.29, 1.82) is 5.26 Å². The number of hydrogen-bond acceptors (Lipinski definition) is 4. The lowest BCUT2D eigenvalue weighted by molar-refractivity contribution is -0.112. The maximum absolute atomic E-state index is 12.4. The Labute approximate surface area is 161 Å². The lowest BCUT2D eigenvalue weighted by Crippen LogP contribution is -2.13. The number of amides is 1. The zero-order valence-corrected chi connectivity index (χ0v) is 16.4. The van der Waals surface area contributed by atoms with E-state index in [-0.39, 0.29) is 5.57 Å². The summed E-state index contributed by atoms with van der Waals surface area (Å²) < 4.78 is 11.5. The van der Waals surface area contributed by atoms with Crippen molar-refractivity contribution in [2.24, 2.45) is 0 Å². The summed E-state index contributed by atoms with van der Waals surface area (Å²) in [7, 11) is 1.55. The van der Waals surface area contributed by atoms with Crippen molar-refractivity contribution in [1.82, 2.24) is 0 Å². The van der Waals surface area contributed by atoms with Crippen molar-refractivity contribution in [3.8, 4) is 17.6 Å². The number of benzene rings is 2. The van der Waals surface area contributed by atoms with E-state index in [0.29, 0.717) is 33.8 Å². The summed E-state index contributed by atoms with van der Waals surface area (Å²) in [4.78, 5) is 12.4. The normalized spacial score (nSPS) is 10.8. The van der Waals surface area contributed by atoms with Gasteiger partial charge in [-0.15, -0.1) is 0 Å². The van der Waals surface area contributed by atoms with Gasteiger partial charge in [0.15, 0.2) is 11.5 Å². The van der Waals surface area contributed by atoms with Gasteiger partial charge in [-0.05, 0) is 55.3 Å². The zero-order valence-electron chi connectivity index (χ0n) is 14.8. The predicted molar refractivity (Wildman–Crippen MR) is 105 cm³/mol. The van der Waals surface area contributed by atoms with Crippen molar-refractivity contribution in [2.45, 2.75) is 13.8 Å². The first-order valence-electron chi connectivity index (χ1n) is 7.98. The molecule has 134 valence electrons. The summed E-state index contributed by atoms with van der Waals surface area (Å²) in [6.07, 6.45) is 1.51. The number of carbonyl (C=O) groups excluding carboxylic acids is 1. The van der Waals surface area contributed by atoms with Gasteiger partial charge in [0.25, 0.3) is 5.91 Å². The summed E-state index contributed by atoms with van der Waals surface area (Å²) in [5, 5.41) is 12.1. The largest absolute Gasteiger partial charge is 0.493 e. The molecule has 0 unspecified atom stereocenters. The fourth-order valence-corrected chi connectivity index (χ4v) is 2.75. The van der Waals surface area contributed by atoms with Gasteiger partial charge in [0.2, 0.25) is 0 Å². The van der Waals surface area contributed by atoms with Crippen LogP contribution in [0, 0.1) is 18.3 Å². The highest BCUT2D eigenvalue weighted by Crippen LogP contribution is 2.34. The third kappa shape index (κ3) is 4.87. The number of nitrogens with zero attached hydrogens (tertiary/aromatic N) is 1. The summed E-state index contributed by atoms with van der Waals surface area (Å²) in [6.45, 7) is 4.27. The van der Waals surface area contributed by atoms with Gasteiger partial charge in [0, 0.05) is 10.2 Å². The van der Waals surface area contributed by atoms with Gasteiger partial charge in [0.05, 0.1) is 13.7 Å². The van der Waals surface area contributed by atoms with Crippen LogP contribution in [0.25, 0.3) is 6.08 Å². The molecule has 0 fully saturated rings. The number of carbonyl (C=O) groups is 1. The van der Waals surface area contributed by atoms with Gasteiger partial charge < -0.3 is 14.8 Å². The monoisotopic (exact) mass is 414 g/mol. The van der Waals surface area contributed by atoms with Crippen LogP contribution in [-0.2, 0) is 4.79 Å². The minimum absolute atomic E-state index is 0.0141. The van der Waals surface area contributed by atoms with Crippen LogP contribution in [0.15, 0.2) is 46.4 Å². The SMILES string of the molecule is CCOc1cc(/C=C(/C#N)C(=O)Nc2cccc(C)c2)c(Br)cc1OC. The molecule has 0 aliphatic heterocycles. The highest BCUT2D eigenvalue weighted by atomic mass is 79.9. The Bertz CT molecular complexity index is 885. The number of anilines is 1. The molecule has 0 bridgehead atoms. The van der Waals surface area contributed by atoms with Gasteiger partial charge in [-0.2, -0.15) is 5.26 Å². The molecule has 2 aromatic carbocycles. The van der Waals surface area contributed by atoms with E-state index in [0.717, 1.165) is 5.56 Å². The summed E-state index contributed by atoms with van der Waals surface area (Å²) >= 11 is 3.44. The molecule has 0 atom stereocenters. The van der Waals surface area contributed by atoms with Crippen LogP contribution < -0.4 is 14.8 Å². The van der Waals surface area contributed by atoms with Crippen LogP contribution in [0.4, 0.5) is 5.69 Å². The highest BCUT2D eigenvalue weighted by Gasteiger charge is 2.13. The van der Waals surface area contributed by atoms with Crippen LogP contribution in [0.2, 0.25) is 0 Å². The van der Waals surface area contributed by atoms with Crippen LogP contribution in [0.1, 0.15) is 18.1 Å². The van der Waals surface area contributed by atoms with E-state index in [1.165, 1.54) is 6.08 Å². The Morgan fingerprint density at radius 2 is 2.08 bits per heavy atom. The average Bonchev–Trinajstić information content (AvgIpc) is 2.61. The zero-order chi connectivity index (χ0) is 19.1. The number of ether oxygens (including phenoxy) is 2. The van der Waals surface area contributed by atoms with E-state index in [4.69, 9.17) is 9.47 Å². The second kappa shape index (κ2) is 9.07. The van der Waals surface area contributed by atoms with Crippen molar-refractivity contribution >= 4 is 33.6 Å². The number of halogens is 1. The molecule has 6 heteroatoms. The third-order valence-corrected chi connectivity index (χ3v) is 4.21. The second-order valence-corrected chi connectivity index (χ2v) is 6.31. The van der Waals surface area contributed by atoms with Crippen molar-refractivity contribution in [2.75, 3.05) is 19.0 Å². The molecule has 0 spiro atoms. The minimum atomic E-state index is -0.473. The fraction of sp³-hybridized carbons (Fsp3) is 0.200. The van der Waals surface area contributed by atoms with E-state index >= 15 is 0 Å². The topological polar surface area (TPSA) is 71.3 Å². The molecule has 2 aromatic rings. The van der Waals surface area contributed by atoms with Crippen LogP contribution in [-0.4, -0.2) is 19.6 Å². The summed E-state index contributed by atoms with van der Waals surface area (Å²) in [5.41, 5.74) is 2.29. The minimum Gasteiger partial charge on any atom is -0.493 e. The molecule has 1 N–H and O–H groups in total. The van der Waals surface area contributed by atoms with Gasteiger partial charge in [-0.1, -0.05) is 28.1 Å². The quantitative estimate of drug-likeness (QED) is 0.548. The van der Waals surface area contributed by atoms with Gasteiger partial charge in [0.1, 0.15) is 11.6 Å². The molecule has 26 heavy (non-hydrogen) atoms. The van der Waals surface area contributed by atoms with E-state index in [1.807, 2.05) is 38.1 Å². The van der Waals surface area contributed by atoms with Crippen LogP contribution >= 0.6 is 15.9 Å². The van der Waals surface area contributed by atoms with Crippen molar-refractivity contribution in [3.05, 3.63) is 57.6 Å². The molecule has 0 aliphatic rings. The fourth-order valence-electron chi connectivity index (χ4n) is 2.31. The molecule has 0 radical (unpaired) electrons. The molecule has 0 aromatic heterocycles.